The second-order valence-electron chi connectivity index (χ2n) is 7.90. The second kappa shape index (κ2) is 8.85. The van der Waals surface area contributed by atoms with Gasteiger partial charge in [0.2, 0.25) is 5.91 Å². The van der Waals surface area contributed by atoms with E-state index in [1.165, 1.54) is 12.1 Å². The standard InChI is InChI=1S/C23H26FN3O3/c24-19-9-18(17-2-1-15-3-6-26-22(15)11-17)10-21(12-19)30-14-20(28)13-27-7-4-16(5-8-27)23(25)29/h1-3,6,9-12,16,20,26,28H,4-5,7-8,13-14H2,(H2,25,29). The largest absolute Gasteiger partial charge is 0.491 e. The number of likely N-dealkylation sites (tertiary alicyclic amines) is 1. The predicted molar refractivity (Wildman–Crippen MR) is 114 cm³/mol. The molecule has 1 fully saturated rings. The Morgan fingerprint density at radius 1 is 1.20 bits per heavy atom. The number of nitrogens with zero attached hydrogens (tertiary/aromatic N) is 1. The molecule has 2 aromatic carbocycles. The second-order valence-corrected chi connectivity index (χ2v) is 7.90. The maximum atomic E-state index is 14.2. The average molecular weight is 411 g/mol. The molecule has 1 aromatic heterocycles. The van der Waals surface area contributed by atoms with Gasteiger partial charge in [-0.3, -0.25) is 4.79 Å². The van der Waals surface area contributed by atoms with E-state index >= 15 is 0 Å². The Bertz CT molecular complexity index is 1030. The highest BCUT2D eigenvalue weighted by Crippen LogP contribution is 2.28. The van der Waals surface area contributed by atoms with Crippen molar-refractivity contribution in [3.8, 4) is 16.9 Å². The van der Waals surface area contributed by atoms with E-state index in [2.05, 4.69) is 9.88 Å². The number of carbonyl (C=O) groups is 1. The molecule has 0 saturated carbocycles. The number of aromatic amines is 1. The maximum absolute atomic E-state index is 14.2. The Morgan fingerprint density at radius 3 is 2.77 bits per heavy atom. The molecule has 30 heavy (non-hydrogen) atoms. The lowest BCUT2D eigenvalue weighted by molar-refractivity contribution is -0.123. The Morgan fingerprint density at radius 2 is 2.00 bits per heavy atom. The summed E-state index contributed by atoms with van der Waals surface area (Å²) in [4.78, 5) is 16.5. The summed E-state index contributed by atoms with van der Waals surface area (Å²) in [5.74, 6) is -0.346. The minimum Gasteiger partial charge on any atom is -0.491 e. The van der Waals surface area contributed by atoms with Gasteiger partial charge in [0.1, 0.15) is 24.3 Å². The summed E-state index contributed by atoms with van der Waals surface area (Å²) < 4.78 is 19.9. The SMILES string of the molecule is NC(=O)C1CCN(CC(O)COc2cc(F)cc(-c3ccc4cc[nH]c4c3)c2)CC1. The predicted octanol–water partition coefficient (Wildman–Crippen LogP) is 2.91. The molecule has 1 saturated heterocycles. The van der Waals surface area contributed by atoms with Crippen molar-refractivity contribution in [3.63, 3.8) is 0 Å². The number of aromatic nitrogens is 1. The van der Waals surface area contributed by atoms with Crippen molar-refractivity contribution in [2.45, 2.75) is 18.9 Å². The number of amides is 1. The molecule has 0 aliphatic carbocycles. The van der Waals surface area contributed by atoms with Gasteiger partial charge in [-0.25, -0.2) is 4.39 Å². The highest BCUT2D eigenvalue weighted by atomic mass is 19.1. The Balaban J connectivity index is 1.36. The number of aliphatic hydroxyl groups excluding tert-OH is 1. The minimum absolute atomic E-state index is 0.0638. The van der Waals surface area contributed by atoms with Crippen molar-refractivity contribution in [1.82, 2.24) is 9.88 Å². The molecular weight excluding hydrogens is 385 g/mol. The molecule has 1 aliphatic heterocycles. The van der Waals surface area contributed by atoms with Gasteiger partial charge in [0.05, 0.1) is 0 Å². The Hall–Kier alpha value is -2.90. The van der Waals surface area contributed by atoms with Crippen molar-refractivity contribution in [2.24, 2.45) is 11.7 Å². The van der Waals surface area contributed by atoms with Crippen LogP contribution >= 0.6 is 0 Å². The van der Waals surface area contributed by atoms with Crippen LogP contribution in [0.3, 0.4) is 0 Å². The van der Waals surface area contributed by atoms with Gasteiger partial charge in [0.15, 0.2) is 0 Å². The van der Waals surface area contributed by atoms with Crippen LogP contribution in [0.4, 0.5) is 4.39 Å². The number of H-pyrrole nitrogens is 1. The molecule has 1 amide bonds. The van der Waals surface area contributed by atoms with Gasteiger partial charge < -0.3 is 25.5 Å². The molecule has 0 spiro atoms. The third-order valence-corrected chi connectivity index (χ3v) is 5.66. The summed E-state index contributed by atoms with van der Waals surface area (Å²) in [6.07, 6.45) is 2.58. The van der Waals surface area contributed by atoms with Crippen LogP contribution in [-0.2, 0) is 4.79 Å². The number of piperidine rings is 1. The number of primary amides is 1. The van der Waals surface area contributed by atoms with E-state index in [4.69, 9.17) is 10.5 Å². The molecule has 3 aromatic rings. The number of ether oxygens (including phenoxy) is 1. The van der Waals surface area contributed by atoms with E-state index < -0.39 is 11.9 Å². The molecule has 6 nitrogen and oxygen atoms in total. The van der Waals surface area contributed by atoms with Crippen molar-refractivity contribution in [3.05, 3.63) is 54.5 Å². The van der Waals surface area contributed by atoms with Crippen LogP contribution in [0.5, 0.6) is 5.75 Å². The molecule has 1 unspecified atom stereocenters. The highest BCUT2D eigenvalue weighted by molar-refractivity contribution is 5.85. The van der Waals surface area contributed by atoms with Crippen molar-refractivity contribution < 1.29 is 19.0 Å². The number of rotatable bonds is 7. The van der Waals surface area contributed by atoms with E-state index in [1.54, 1.807) is 6.07 Å². The molecule has 1 atom stereocenters. The first kappa shape index (κ1) is 20.4. The molecule has 4 N–H and O–H groups in total. The number of nitrogens with two attached hydrogens (primary N) is 1. The van der Waals surface area contributed by atoms with Crippen LogP contribution in [0.1, 0.15) is 12.8 Å². The Labute approximate surface area is 174 Å². The zero-order chi connectivity index (χ0) is 21.1. The summed E-state index contributed by atoms with van der Waals surface area (Å²) in [5, 5.41) is 11.4. The van der Waals surface area contributed by atoms with Gasteiger partial charge in [0, 0.05) is 30.2 Å². The lowest BCUT2D eigenvalue weighted by Gasteiger charge is -2.31. The number of β-amino-alcohol motifs (C(OH)–C–C–N with tert-alkyl or cyclic N) is 1. The first-order valence-corrected chi connectivity index (χ1v) is 10.2. The number of carbonyl (C=O) groups excluding carboxylic acids is 1. The zero-order valence-corrected chi connectivity index (χ0v) is 16.7. The summed E-state index contributed by atoms with van der Waals surface area (Å²) in [7, 11) is 0. The molecule has 2 heterocycles. The van der Waals surface area contributed by atoms with Crippen molar-refractivity contribution in [2.75, 3.05) is 26.2 Å². The molecule has 0 bridgehead atoms. The maximum Gasteiger partial charge on any atom is 0.220 e. The number of hydrogen-bond donors (Lipinski definition) is 3. The topological polar surface area (TPSA) is 91.6 Å². The average Bonchev–Trinajstić information content (AvgIpc) is 3.20. The lowest BCUT2D eigenvalue weighted by atomic mass is 9.96. The summed E-state index contributed by atoms with van der Waals surface area (Å²) in [6, 6.07) is 12.4. The van der Waals surface area contributed by atoms with Crippen LogP contribution in [0, 0.1) is 11.7 Å². The van der Waals surface area contributed by atoms with E-state index in [0.717, 1.165) is 29.6 Å². The van der Waals surface area contributed by atoms with Gasteiger partial charge in [-0.1, -0.05) is 12.1 Å². The van der Waals surface area contributed by atoms with E-state index in [9.17, 15) is 14.3 Å². The van der Waals surface area contributed by atoms with Gasteiger partial charge in [0.25, 0.3) is 0 Å². The van der Waals surface area contributed by atoms with E-state index in [1.807, 2.05) is 30.5 Å². The van der Waals surface area contributed by atoms with Crippen molar-refractivity contribution in [1.29, 1.82) is 0 Å². The number of nitrogens with one attached hydrogen (secondary N) is 1. The third-order valence-electron chi connectivity index (χ3n) is 5.66. The van der Waals surface area contributed by atoms with Crippen LogP contribution < -0.4 is 10.5 Å². The van der Waals surface area contributed by atoms with Gasteiger partial charge in [-0.05, 0) is 66.7 Å². The molecule has 7 heteroatoms. The number of aliphatic hydroxyl groups is 1. The van der Waals surface area contributed by atoms with Crippen LogP contribution in [0.25, 0.3) is 22.0 Å². The van der Waals surface area contributed by atoms with Gasteiger partial charge in [-0.2, -0.15) is 0 Å². The van der Waals surface area contributed by atoms with Crippen LogP contribution in [0.15, 0.2) is 48.7 Å². The molecule has 4 rings (SSSR count). The smallest absolute Gasteiger partial charge is 0.220 e. The quantitative estimate of drug-likeness (QED) is 0.558. The summed E-state index contributed by atoms with van der Waals surface area (Å²) in [6.45, 7) is 1.94. The first-order valence-electron chi connectivity index (χ1n) is 10.2. The monoisotopic (exact) mass is 411 g/mol. The third kappa shape index (κ3) is 4.80. The lowest BCUT2D eigenvalue weighted by Crippen LogP contribution is -2.43. The van der Waals surface area contributed by atoms with Gasteiger partial charge >= 0.3 is 0 Å². The molecular formula is C23H26FN3O3. The fourth-order valence-electron chi connectivity index (χ4n) is 3.98. The molecule has 158 valence electrons. The zero-order valence-electron chi connectivity index (χ0n) is 16.7. The molecule has 1 aliphatic rings. The normalized spacial score (nSPS) is 16.6. The molecule has 0 radical (unpaired) electrons. The fraction of sp³-hybridized carbons (Fsp3) is 0.348. The fourth-order valence-corrected chi connectivity index (χ4v) is 3.98. The minimum atomic E-state index is -0.711. The van der Waals surface area contributed by atoms with Crippen LogP contribution in [-0.4, -0.2) is 53.2 Å². The number of hydrogen-bond acceptors (Lipinski definition) is 4. The van der Waals surface area contributed by atoms with E-state index in [0.29, 0.717) is 30.7 Å². The number of benzene rings is 2. The van der Waals surface area contributed by atoms with Gasteiger partial charge in [-0.15, -0.1) is 0 Å². The summed E-state index contributed by atoms with van der Waals surface area (Å²) >= 11 is 0. The summed E-state index contributed by atoms with van der Waals surface area (Å²) in [5.41, 5.74) is 7.93. The van der Waals surface area contributed by atoms with Crippen LogP contribution in [0.2, 0.25) is 0 Å². The first-order chi connectivity index (χ1) is 14.5. The number of fused-ring (bicyclic) bond motifs is 1. The highest BCUT2D eigenvalue weighted by Gasteiger charge is 2.24. The number of halogens is 1. The van der Waals surface area contributed by atoms with E-state index in [-0.39, 0.29) is 18.4 Å². The van der Waals surface area contributed by atoms with Crippen molar-refractivity contribution >= 4 is 16.8 Å². The Kier molecular flexibility index (Phi) is 6.01.